The molecule has 1 aliphatic rings. The molecule has 1 aliphatic carbocycles. The maximum absolute atomic E-state index is 9.10. The number of aliphatic hydroxyl groups is 1. The van der Waals surface area contributed by atoms with E-state index in [0.29, 0.717) is 11.7 Å². The van der Waals surface area contributed by atoms with Gasteiger partial charge in [-0.2, -0.15) is 0 Å². The number of nitrogens with two attached hydrogens (primary N) is 1. The minimum Gasteiger partial charge on any atom is -0.508 e. The summed E-state index contributed by atoms with van der Waals surface area (Å²) < 4.78 is 0. The third kappa shape index (κ3) is 3.07. The molecule has 13 heavy (non-hydrogen) atoms. The Labute approximate surface area is 79.4 Å². The predicted molar refractivity (Wildman–Crippen MR) is 55.4 cm³/mol. The molecule has 0 aromatic carbocycles. The average molecular weight is 179 g/mol. The summed E-state index contributed by atoms with van der Waals surface area (Å²) in [7, 11) is 0. The lowest BCUT2D eigenvalue weighted by Crippen LogP contribution is -2.24. The summed E-state index contributed by atoms with van der Waals surface area (Å²) >= 11 is 0. The highest BCUT2D eigenvalue weighted by atomic mass is 16.3. The lowest BCUT2D eigenvalue weighted by atomic mass is 9.91. The van der Waals surface area contributed by atoms with E-state index in [1.807, 2.05) is 19.1 Å². The summed E-state index contributed by atoms with van der Waals surface area (Å²) in [6.45, 7) is 5.77. The molecule has 0 saturated carbocycles. The van der Waals surface area contributed by atoms with Crippen LogP contribution in [0.15, 0.2) is 36.1 Å². The van der Waals surface area contributed by atoms with E-state index < -0.39 is 0 Å². The van der Waals surface area contributed by atoms with Gasteiger partial charge in [-0.1, -0.05) is 18.2 Å². The Morgan fingerprint density at radius 3 is 3.00 bits per heavy atom. The van der Waals surface area contributed by atoms with E-state index in [9.17, 15) is 0 Å². The first-order valence-corrected chi connectivity index (χ1v) is 4.58. The summed E-state index contributed by atoms with van der Waals surface area (Å²) in [6.07, 6.45) is 7.37. The maximum atomic E-state index is 9.10. The van der Waals surface area contributed by atoms with Gasteiger partial charge in [-0.3, -0.25) is 0 Å². The number of allylic oxidation sites excluding steroid dienone is 3. The molecule has 0 aromatic heterocycles. The average Bonchev–Trinajstić information content (AvgIpc) is 2.08. The Hall–Kier alpha value is -1.02. The molecule has 0 bridgehead atoms. The van der Waals surface area contributed by atoms with Gasteiger partial charge in [0, 0.05) is 6.04 Å². The van der Waals surface area contributed by atoms with Crippen molar-refractivity contribution in [3.63, 3.8) is 0 Å². The Kier molecular flexibility index (Phi) is 3.32. The summed E-state index contributed by atoms with van der Waals surface area (Å²) in [5.74, 6) is 0.808. The first kappa shape index (κ1) is 10.1. The van der Waals surface area contributed by atoms with Crippen LogP contribution in [-0.2, 0) is 0 Å². The SMILES string of the molecule is C=C(C)[C@@H](N)CC1C=CC(O)=CC1. The lowest BCUT2D eigenvalue weighted by Gasteiger charge is -2.18. The molecule has 1 rings (SSSR count). The quantitative estimate of drug-likeness (QED) is 0.653. The molecule has 2 nitrogen and oxygen atoms in total. The fourth-order valence-electron chi connectivity index (χ4n) is 1.36. The van der Waals surface area contributed by atoms with Gasteiger partial charge in [0.1, 0.15) is 5.76 Å². The Balaban J connectivity index is 2.41. The monoisotopic (exact) mass is 179 g/mol. The molecule has 0 spiro atoms. The van der Waals surface area contributed by atoms with Gasteiger partial charge < -0.3 is 10.8 Å². The van der Waals surface area contributed by atoms with Gasteiger partial charge in [0.25, 0.3) is 0 Å². The molecule has 72 valence electrons. The van der Waals surface area contributed by atoms with Gasteiger partial charge in [0.15, 0.2) is 0 Å². The fourth-order valence-corrected chi connectivity index (χ4v) is 1.36. The second-order valence-electron chi connectivity index (χ2n) is 3.67. The van der Waals surface area contributed by atoms with Crippen LogP contribution in [0.1, 0.15) is 19.8 Å². The van der Waals surface area contributed by atoms with Crippen molar-refractivity contribution >= 4 is 0 Å². The van der Waals surface area contributed by atoms with E-state index in [4.69, 9.17) is 10.8 Å². The van der Waals surface area contributed by atoms with E-state index >= 15 is 0 Å². The molecule has 0 aliphatic heterocycles. The predicted octanol–water partition coefficient (Wildman–Crippen LogP) is 2.30. The maximum Gasteiger partial charge on any atom is 0.111 e. The van der Waals surface area contributed by atoms with E-state index in [1.165, 1.54) is 0 Å². The molecule has 0 heterocycles. The van der Waals surface area contributed by atoms with E-state index in [2.05, 4.69) is 6.58 Å². The first-order valence-electron chi connectivity index (χ1n) is 4.58. The molecule has 0 aromatic rings. The van der Waals surface area contributed by atoms with Crippen LogP contribution in [0.2, 0.25) is 0 Å². The van der Waals surface area contributed by atoms with Crippen LogP contribution in [0.3, 0.4) is 0 Å². The standard InChI is InChI=1S/C11H17NO/c1-8(2)11(12)7-9-3-5-10(13)6-4-9/h3,5-6,9,11,13H,1,4,7,12H2,2H3/t9?,11-/m0/s1. The van der Waals surface area contributed by atoms with E-state index in [1.54, 1.807) is 6.08 Å². The third-order valence-electron chi connectivity index (χ3n) is 2.36. The molecule has 0 saturated heterocycles. The molecule has 0 amide bonds. The number of hydrogen-bond donors (Lipinski definition) is 2. The van der Waals surface area contributed by atoms with E-state index in [0.717, 1.165) is 18.4 Å². The van der Waals surface area contributed by atoms with Crippen LogP contribution in [0.25, 0.3) is 0 Å². The second kappa shape index (κ2) is 4.28. The smallest absolute Gasteiger partial charge is 0.111 e. The molecular formula is C11H17NO. The third-order valence-corrected chi connectivity index (χ3v) is 2.36. The van der Waals surface area contributed by atoms with Crippen molar-refractivity contribution in [3.8, 4) is 0 Å². The molecule has 0 fully saturated rings. The zero-order chi connectivity index (χ0) is 9.84. The van der Waals surface area contributed by atoms with Gasteiger partial charge in [0.05, 0.1) is 0 Å². The van der Waals surface area contributed by atoms with Crippen LogP contribution in [0.4, 0.5) is 0 Å². The highest BCUT2D eigenvalue weighted by Gasteiger charge is 2.12. The zero-order valence-electron chi connectivity index (χ0n) is 8.03. The van der Waals surface area contributed by atoms with Crippen molar-refractivity contribution in [2.75, 3.05) is 0 Å². The van der Waals surface area contributed by atoms with Gasteiger partial charge in [-0.05, 0) is 37.8 Å². The summed E-state index contributed by atoms with van der Waals surface area (Å²) in [6, 6.07) is 0.0725. The molecule has 2 heteroatoms. The number of hydrogen-bond acceptors (Lipinski definition) is 2. The molecule has 0 radical (unpaired) electrons. The van der Waals surface area contributed by atoms with Gasteiger partial charge in [-0.25, -0.2) is 0 Å². The Bertz CT molecular complexity index is 253. The normalized spacial score (nSPS) is 23.8. The van der Waals surface area contributed by atoms with Crippen molar-refractivity contribution in [1.82, 2.24) is 0 Å². The largest absolute Gasteiger partial charge is 0.508 e. The van der Waals surface area contributed by atoms with Gasteiger partial charge in [0.2, 0.25) is 0 Å². The van der Waals surface area contributed by atoms with Crippen LogP contribution in [0, 0.1) is 5.92 Å². The van der Waals surface area contributed by atoms with Crippen molar-refractivity contribution < 1.29 is 5.11 Å². The second-order valence-corrected chi connectivity index (χ2v) is 3.67. The fraction of sp³-hybridized carbons (Fsp3) is 0.455. The number of rotatable bonds is 3. The Morgan fingerprint density at radius 1 is 1.85 bits per heavy atom. The van der Waals surface area contributed by atoms with Crippen molar-refractivity contribution in [1.29, 1.82) is 0 Å². The van der Waals surface area contributed by atoms with Crippen LogP contribution < -0.4 is 5.73 Å². The highest BCUT2D eigenvalue weighted by molar-refractivity contribution is 5.17. The van der Waals surface area contributed by atoms with E-state index in [-0.39, 0.29) is 6.04 Å². The van der Waals surface area contributed by atoms with Crippen LogP contribution in [0.5, 0.6) is 0 Å². The minimum absolute atomic E-state index is 0.0725. The topological polar surface area (TPSA) is 46.2 Å². The summed E-state index contributed by atoms with van der Waals surface area (Å²) in [5, 5.41) is 9.10. The highest BCUT2D eigenvalue weighted by Crippen LogP contribution is 2.20. The van der Waals surface area contributed by atoms with Crippen LogP contribution >= 0.6 is 0 Å². The molecule has 3 N–H and O–H groups in total. The molecule has 1 unspecified atom stereocenters. The van der Waals surface area contributed by atoms with Crippen molar-refractivity contribution in [2.45, 2.75) is 25.8 Å². The first-order chi connectivity index (χ1) is 6.09. The number of aliphatic hydroxyl groups excluding tert-OH is 1. The summed E-state index contributed by atoms with van der Waals surface area (Å²) in [5.41, 5.74) is 6.89. The van der Waals surface area contributed by atoms with Crippen molar-refractivity contribution in [3.05, 3.63) is 36.1 Å². The molecule has 2 atom stereocenters. The van der Waals surface area contributed by atoms with Gasteiger partial charge in [-0.15, -0.1) is 0 Å². The Morgan fingerprint density at radius 2 is 2.54 bits per heavy atom. The summed E-state index contributed by atoms with van der Waals surface area (Å²) in [4.78, 5) is 0. The minimum atomic E-state index is 0.0725. The van der Waals surface area contributed by atoms with Gasteiger partial charge >= 0.3 is 0 Å². The molecular weight excluding hydrogens is 162 g/mol. The zero-order valence-corrected chi connectivity index (χ0v) is 8.03. The van der Waals surface area contributed by atoms with Crippen LogP contribution in [-0.4, -0.2) is 11.1 Å². The van der Waals surface area contributed by atoms with Crippen molar-refractivity contribution in [2.24, 2.45) is 11.7 Å². The lowest BCUT2D eigenvalue weighted by molar-refractivity contribution is 0.416.